The van der Waals surface area contributed by atoms with E-state index in [1.807, 2.05) is 44.3 Å². The van der Waals surface area contributed by atoms with Crippen molar-refractivity contribution in [3.8, 4) is 0 Å². The monoisotopic (exact) mass is 204 g/mol. The van der Waals surface area contributed by atoms with Crippen molar-refractivity contribution in [2.24, 2.45) is 0 Å². The molecule has 80 valence electrons. The maximum absolute atomic E-state index is 11.7. The molecule has 0 aliphatic heterocycles. The van der Waals surface area contributed by atoms with Crippen molar-refractivity contribution in [2.45, 2.75) is 13.3 Å². The fraction of sp³-hybridized carbons (Fsp3) is 0.333. The minimum absolute atomic E-state index is 0.148. The molecule has 0 bridgehead atoms. The molecule has 0 spiro atoms. The third-order valence-electron chi connectivity index (χ3n) is 2.00. The number of carbonyl (C=O) groups excluding carboxylic acids is 1. The summed E-state index contributed by atoms with van der Waals surface area (Å²) in [6.45, 7) is 1.87. The second-order valence-electron chi connectivity index (χ2n) is 3.52. The maximum atomic E-state index is 11.7. The summed E-state index contributed by atoms with van der Waals surface area (Å²) >= 11 is 0. The molecule has 1 heterocycles. The Kier molecular flexibility index (Phi) is 4.03. The normalized spacial score (nSPS) is 11.3. The molecule has 0 radical (unpaired) electrons. The van der Waals surface area contributed by atoms with Gasteiger partial charge >= 0.3 is 0 Å². The number of nitrogens with zero attached hydrogens (tertiary/aromatic N) is 2. The summed E-state index contributed by atoms with van der Waals surface area (Å²) in [5.74, 6) is 0.148. The van der Waals surface area contributed by atoms with Gasteiger partial charge in [-0.15, -0.1) is 0 Å². The number of hydrogen-bond donors (Lipinski definition) is 0. The van der Waals surface area contributed by atoms with Crippen molar-refractivity contribution < 1.29 is 4.79 Å². The molecule has 0 unspecified atom stereocenters. The van der Waals surface area contributed by atoms with Crippen LogP contribution in [0.4, 0.5) is 0 Å². The summed E-state index contributed by atoms with van der Waals surface area (Å²) in [6.07, 6.45) is 5.76. The van der Waals surface area contributed by atoms with Crippen LogP contribution < -0.4 is 0 Å². The molecule has 0 aromatic carbocycles. The molecule has 0 amide bonds. The molecule has 0 aliphatic rings. The lowest BCUT2D eigenvalue weighted by atomic mass is 10.0. The fourth-order valence-corrected chi connectivity index (χ4v) is 1.29. The van der Waals surface area contributed by atoms with Crippen LogP contribution in [0.2, 0.25) is 0 Å². The average molecular weight is 204 g/mol. The van der Waals surface area contributed by atoms with Gasteiger partial charge in [-0.25, -0.2) is 0 Å². The molecule has 1 aromatic heterocycles. The van der Waals surface area contributed by atoms with Crippen molar-refractivity contribution >= 4 is 11.4 Å². The van der Waals surface area contributed by atoms with E-state index in [0.29, 0.717) is 6.42 Å². The lowest BCUT2D eigenvalue weighted by Gasteiger charge is -2.10. The molecule has 1 aromatic rings. The van der Waals surface area contributed by atoms with Gasteiger partial charge in [-0.3, -0.25) is 9.78 Å². The van der Waals surface area contributed by atoms with Gasteiger partial charge in [0.05, 0.1) is 0 Å². The molecule has 0 saturated heterocycles. The first-order chi connectivity index (χ1) is 7.15. The van der Waals surface area contributed by atoms with Gasteiger partial charge in [0.2, 0.25) is 0 Å². The summed E-state index contributed by atoms with van der Waals surface area (Å²) in [5, 5.41) is 0. The molecule has 0 fully saturated rings. The van der Waals surface area contributed by atoms with E-state index in [1.54, 1.807) is 12.4 Å². The van der Waals surface area contributed by atoms with E-state index in [9.17, 15) is 4.79 Å². The zero-order valence-corrected chi connectivity index (χ0v) is 9.40. The highest BCUT2D eigenvalue weighted by atomic mass is 16.1. The van der Waals surface area contributed by atoms with Crippen molar-refractivity contribution in [2.75, 3.05) is 14.1 Å². The Labute approximate surface area is 90.4 Å². The number of allylic oxidation sites excluding steroid dienone is 1. The van der Waals surface area contributed by atoms with E-state index < -0.39 is 0 Å². The second-order valence-corrected chi connectivity index (χ2v) is 3.52. The summed E-state index contributed by atoms with van der Waals surface area (Å²) < 4.78 is 0. The first-order valence-electron chi connectivity index (χ1n) is 4.97. The second kappa shape index (κ2) is 5.29. The maximum Gasteiger partial charge on any atom is 0.164 e. The molecule has 0 atom stereocenters. The third-order valence-corrected chi connectivity index (χ3v) is 2.00. The van der Waals surface area contributed by atoms with Gasteiger partial charge < -0.3 is 4.90 Å². The topological polar surface area (TPSA) is 33.2 Å². The van der Waals surface area contributed by atoms with Gasteiger partial charge in [0.25, 0.3) is 0 Å². The van der Waals surface area contributed by atoms with Crippen LogP contribution in [0.5, 0.6) is 0 Å². The van der Waals surface area contributed by atoms with E-state index in [0.717, 1.165) is 11.1 Å². The highest BCUT2D eigenvalue weighted by Crippen LogP contribution is 2.16. The standard InChI is InChI=1S/C12H16N2O/c1-4-12(15)11(9-14(2)3)10-5-7-13-8-6-10/h5-9H,4H2,1-3H3. The van der Waals surface area contributed by atoms with Gasteiger partial charge in [0, 0.05) is 44.7 Å². The highest BCUT2D eigenvalue weighted by Gasteiger charge is 2.09. The van der Waals surface area contributed by atoms with Crippen LogP contribution >= 0.6 is 0 Å². The van der Waals surface area contributed by atoms with Gasteiger partial charge in [-0.1, -0.05) is 6.92 Å². The molecular formula is C12H16N2O. The Balaban J connectivity index is 3.08. The number of rotatable bonds is 4. The summed E-state index contributed by atoms with van der Waals surface area (Å²) in [7, 11) is 3.81. The smallest absolute Gasteiger partial charge is 0.164 e. The molecule has 0 aliphatic carbocycles. The van der Waals surface area contributed by atoms with Gasteiger partial charge in [-0.2, -0.15) is 0 Å². The van der Waals surface area contributed by atoms with Crippen LogP contribution in [-0.2, 0) is 4.79 Å². The predicted octanol–water partition coefficient (Wildman–Crippen LogP) is 1.96. The number of ketones is 1. The molecular weight excluding hydrogens is 188 g/mol. The minimum Gasteiger partial charge on any atom is -0.383 e. The Hall–Kier alpha value is -1.64. The Morgan fingerprint density at radius 3 is 2.47 bits per heavy atom. The Bertz CT molecular complexity index is 355. The van der Waals surface area contributed by atoms with Crippen LogP contribution in [0.1, 0.15) is 18.9 Å². The fourth-order valence-electron chi connectivity index (χ4n) is 1.29. The van der Waals surface area contributed by atoms with Gasteiger partial charge in [0.15, 0.2) is 5.78 Å². The van der Waals surface area contributed by atoms with Crippen molar-refractivity contribution in [1.82, 2.24) is 9.88 Å². The Morgan fingerprint density at radius 2 is 2.00 bits per heavy atom. The lowest BCUT2D eigenvalue weighted by molar-refractivity contribution is -0.113. The molecule has 1 rings (SSSR count). The zero-order chi connectivity index (χ0) is 11.3. The SMILES string of the molecule is CCC(=O)C(=CN(C)C)c1ccncc1. The van der Waals surface area contributed by atoms with Gasteiger partial charge in [-0.05, 0) is 17.7 Å². The van der Waals surface area contributed by atoms with Crippen LogP contribution in [0.25, 0.3) is 5.57 Å². The number of hydrogen-bond acceptors (Lipinski definition) is 3. The van der Waals surface area contributed by atoms with E-state index >= 15 is 0 Å². The number of aromatic nitrogens is 1. The van der Waals surface area contributed by atoms with Crippen molar-refractivity contribution in [3.05, 3.63) is 36.3 Å². The van der Waals surface area contributed by atoms with Crippen LogP contribution in [0, 0.1) is 0 Å². The molecule has 15 heavy (non-hydrogen) atoms. The number of carbonyl (C=O) groups is 1. The highest BCUT2D eigenvalue weighted by molar-refractivity contribution is 6.20. The molecule has 0 saturated carbocycles. The molecule has 3 nitrogen and oxygen atoms in total. The first kappa shape index (κ1) is 11.4. The third kappa shape index (κ3) is 3.20. The quantitative estimate of drug-likeness (QED) is 0.703. The lowest BCUT2D eigenvalue weighted by Crippen LogP contribution is -2.08. The van der Waals surface area contributed by atoms with E-state index in [-0.39, 0.29) is 5.78 Å². The van der Waals surface area contributed by atoms with E-state index in [1.165, 1.54) is 0 Å². The van der Waals surface area contributed by atoms with E-state index in [2.05, 4.69) is 4.98 Å². The van der Waals surface area contributed by atoms with E-state index in [4.69, 9.17) is 0 Å². The van der Waals surface area contributed by atoms with Crippen LogP contribution in [-0.4, -0.2) is 29.8 Å². The summed E-state index contributed by atoms with van der Waals surface area (Å²) in [5.41, 5.74) is 1.66. The zero-order valence-electron chi connectivity index (χ0n) is 9.40. The average Bonchev–Trinajstić information content (AvgIpc) is 2.26. The van der Waals surface area contributed by atoms with Gasteiger partial charge in [0.1, 0.15) is 0 Å². The summed E-state index contributed by atoms with van der Waals surface area (Å²) in [6, 6.07) is 3.70. The van der Waals surface area contributed by atoms with Crippen LogP contribution in [0.3, 0.4) is 0 Å². The van der Waals surface area contributed by atoms with Crippen molar-refractivity contribution in [1.29, 1.82) is 0 Å². The van der Waals surface area contributed by atoms with Crippen LogP contribution in [0.15, 0.2) is 30.7 Å². The molecule has 3 heteroatoms. The largest absolute Gasteiger partial charge is 0.383 e. The molecule has 0 N–H and O–H groups in total. The number of pyridine rings is 1. The summed E-state index contributed by atoms with van der Waals surface area (Å²) in [4.78, 5) is 17.6. The Morgan fingerprint density at radius 1 is 1.40 bits per heavy atom. The minimum atomic E-state index is 0.148. The van der Waals surface area contributed by atoms with Crippen molar-refractivity contribution in [3.63, 3.8) is 0 Å². The first-order valence-corrected chi connectivity index (χ1v) is 4.97. The predicted molar refractivity (Wildman–Crippen MR) is 61.2 cm³/mol. The number of Topliss-reactive ketones (excluding diaryl/α,β-unsaturated/α-hetero) is 1.